The molecule has 0 aromatic heterocycles. The molecule has 1 N–H and O–H groups in total. The average Bonchev–Trinajstić information content (AvgIpc) is 2.46. The van der Waals surface area contributed by atoms with Crippen LogP contribution in [0.25, 0.3) is 0 Å². The van der Waals surface area contributed by atoms with Gasteiger partial charge in [-0.15, -0.1) is 0 Å². The Kier molecular flexibility index (Phi) is 5.23. The summed E-state index contributed by atoms with van der Waals surface area (Å²) in [6, 6.07) is 5.65. The van der Waals surface area contributed by atoms with E-state index in [0.29, 0.717) is 13.1 Å². The van der Waals surface area contributed by atoms with Crippen LogP contribution in [0.2, 0.25) is 0 Å². The second-order valence-corrected chi connectivity index (χ2v) is 6.72. The van der Waals surface area contributed by atoms with Crippen LogP contribution in [0.15, 0.2) is 24.3 Å². The fourth-order valence-electron chi connectivity index (χ4n) is 2.50. The monoisotopic (exact) mass is 322 g/mol. The van der Waals surface area contributed by atoms with Gasteiger partial charge in [-0.3, -0.25) is 4.79 Å². The molecule has 0 aliphatic carbocycles. The van der Waals surface area contributed by atoms with E-state index in [-0.39, 0.29) is 17.7 Å². The van der Waals surface area contributed by atoms with Crippen LogP contribution in [-0.2, 0) is 4.74 Å². The second-order valence-electron chi connectivity index (χ2n) is 6.72. The molecular weight excluding hydrogens is 299 g/mol. The van der Waals surface area contributed by atoms with Gasteiger partial charge in [-0.05, 0) is 45.7 Å². The molecule has 1 aromatic carbocycles. The minimum atomic E-state index is -0.555. The molecule has 1 heterocycles. The Morgan fingerprint density at radius 1 is 1.30 bits per heavy atom. The molecule has 1 unspecified atom stereocenters. The maximum absolute atomic E-state index is 13.6. The number of halogens is 1. The van der Waals surface area contributed by atoms with Crippen LogP contribution in [-0.4, -0.2) is 41.6 Å². The number of amides is 2. The molecule has 1 saturated heterocycles. The molecule has 1 fully saturated rings. The first-order chi connectivity index (χ1) is 10.8. The van der Waals surface area contributed by atoms with Crippen LogP contribution >= 0.6 is 0 Å². The Labute approximate surface area is 135 Å². The van der Waals surface area contributed by atoms with Crippen LogP contribution < -0.4 is 5.32 Å². The maximum Gasteiger partial charge on any atom is 0.410 e. The van der Waals surface area contributed by atoms with E-state index in [9.17, 15) is 14.0 Å². The lowest BCUT2D eigenvalue weighted by molar-refractivity contribution is 0.0185. The maximum atomic E-state index is 13.6. The SMILES string of the molecule is CC(C)(C)OC(=O)N1CCCC(NC(=O)c2ccccc2F)C1. The quantitative estimate of drug-likeness (QED) is 0.911. The van der Waals surface area contributed by atoms with Crippen LogP contribution in [0.5, 0.6) is 0 Å². The number of ether oxygens (including phenoxy) is 1. The molecule has 23 heavy (non-hydrogen) atoms. The predicted molar refractivity (Wildman–Crippen MR) is 84.7 cm³/mol. The lowest BCUT2D eigenvalue weighted by Gasteiger charge is -2.34. The smallest absolute Gasteiger partial charge is 0.410 e. The van der Waals surface area contributed by atoms with Gasteiger partial charge in [0.15, 0.2) is 0 Å². The van der Waals surface area contributed by atoms with Crippen molar-refractivity contribution >= 4 is 12.0 Å². The molecule has 0 saturated carbocycles. The Morgan fingerprint density at radius 2 is 2.00 bits per heavy atom. The Hall–Kier alpha value is -2.11. The molecule has 2 amide bonds. The minimum absolute atomic E-state index is 0.0156. The van der Waals surface area contributed by atoms with Crippen LogP contribution in [0.3, 0.4) is 0 Å². The van der Waals surface area contributed by atoms with Gasteiger partial charge in [0, 0.05) is 19.1 Å². The zero-order chi connectivity index (χ0) is 17.0. The van der Waals surface area contributed by atoms with Crippen molar-refractivity contribution in [3.63, 3.8) is 0 Å². The third kappa shape index (κ3) is 4.94. The van der Waals surface area contributed by atoms with E-state index >= 15 is 0 Å². The van der Waals surface area contributed by atoms with Crippen molar-refractivity contribution in [3.8, 4) is 0 Å². The molecular formula is C17H23FN2O3. The van der Waals surface area contributed by atoms with Crippen molar-refractivity contribution in [2.24, 2.45) is 0 Å². The van der Waals surface area contributed by atoms with Gasteiger partial charge < -0.3 is 15.0 Å². The van der Waals surface area contributed by atoms with Crippen LogP contribution in [0.1, 0.15) is 44.0 Å². The number of hydrogen-bond acceptors (Lipinski definition) is 3. The highest BCUT2D eigenvalue weighted by Gasteiger charge is 2.28. The van der Waals surface area contributed by atoms with E-state index in [1.165, 1.54) is 18.2 Å². The number of rotatable bonds is 2. The summed E-state index contributed by atoms with van der Waals surface area (Å²) >= 11 is 0. The van der Waals surface area contributed by atoms with Gasteiger partial charge >= 0.3 is 6.09 Å². The molecule has 0 radical (unpaired) electrons. The standard InChI is InChI=1S/C17H23FN2O3/c1-17(2,3)23-16(22)20-10-6-7-12(11-20)19-15(21)13-8-4-5-9-14(13)18/h4-5,8-9,12H,6-7,10-11H2,1-3H3,(H,19,21). The molecule has 0 bridgehead atoms. The van der Waals surface area contributed by atoms with Gasteiger partial charge in [-0.25, -0.2) is 9.18 Å². The van der Waals surface area contributed by atoms with E-state index < -0.39 is 17.3 Å². The number of nitrogens with zero attached hydrogens (tertiary/aromatic N) is 1. The van der Waals surface area contributed by atoms with E-state index in [4.69, 9.17) is 4.74 Å². The minimum Gasteiger partial charge on any atom is -0.444 e. The predicted octanol–water partition coefficient (Wildman–Crippen LogP) is 2.96. The van der Waals surface area contributed by atoms with Gasteiger partial charge in [-0.2, -0.15) is 0 Å². The Balaban J connectivity index is 1.95. The number of hydrogen-bond donors (Lipinski definition) is 1. The molecule has 1 aliphatic heterocycles. The van der Waals surface area contributed by atoms with Crippen molar-refractivity contribution in [2.45, 2.75) is 45.3 Å². The average molecular weight is 322 g/mol. The van der Waals surface area contributed by atoms with Gasteiger partial charge in [-0.1, -0.05) is 12.1 Å². The molecule has 6 heteroatoms. The van der Waals surface area contributed by atoms with E-state index in [0.717, 1.165) is 12.8 Å². The number of nitrogens with one attached hydrogen (secondary N) is 1. The van der Waals surface area contributed by atoms with E-state index in [2.05, 4.69) is 5.32 Å². The van der Waals surface area contributed by atoms with E-state index in [1.54, 1.807) is 11.0 Å². The van der Waals surface area contributed by atoms with Gasteiger partial charge in [0.25, 0.3) is 5.91 Å². The van der Waals surface area contributed by atoms with Crippen molar-refractivity contribution in [2.75, 3.05) is 13.1 Å². The summed E-state index contributed by atoms with van der Waals surface area (Å²) in [7, 11) is 0. The summed E-state index contributed by atoms with van der Waals surface area (Å²) in [6.07, 6.45) is 1.13. The van der Waals surface area contributed by atoms with Gasteiger partial charge in [0.1, 0.15) is 11.4 Å². The third-order valence-corrected chi connectivity index (χ3v) is 3.53. The summed E-state index contributed by atoms with van der Waals surface area (Å²) in [5.41, 5.74) is -0.539. The molecule has 126 valence electrons. The topological polar surface area (TPSA) is 58.6 Å². The van der Waals surface area contributed by atoms with Crippen molar-refractivity contribution in [1.82, 2.24) is 10.2 Å². The number of carbonyl (C=O) groups is 2. The normalized spacial score (nSPS) is 18.4. The molecule has 1 aromatic rings. The number of benzene rings is 1. The van der Waals surface area contributed by atoms with Crippen molar-refractivity contribution < 1.29 is 18.7 Å². The molecule has 2 rings (SSSR count). The third-order valence-electron chi connectivity index (χ3n) is 3.53. The van der Waals surface area contributed by atoms with Crippen LogP contribution in [0.4, 0.5) is 9.18 Å². The Bertz CT molecular complexity index is 583. The summed E-state index contributed by atoms with van der Waals surface area (Å²) in [5.74, 6) is -1.01. The number of piperidine rings is 1. The summed E-state index contributed by atoms with van der Waals surface area (Å²) in [6.45, 7) is 6.40. The second kappa shape index (κ2) is 6.98. The van der Waals surface area contributed by atoms with Gasteiger partial charge in [0.05, 0.1) is 5.56 Å². The molecule has 1 atom stereocenters. The lowest BCUT2D eigenvalue weighted by atomic mass is 10.1. The number of carbonyl (C=O) groups excluding carboxylic acids is 2. The van der Waals surface area contributed by atoms with Crippen LogP contribution in [0, 0.1) is 5.82 Å². The molecule has 1 aliphatic rings. The van der Waals surface area contributed by atoms with E-state index in [1.807, 2.05) is 20.8 Å². The summed E-state index contributed by atoms with van der Waals surface area (Å²) in [5, 5.41) is 2.80. The fraction of sp³-hybridized carbons (Fsp3) is 0.529. The van der Waals surface area contributed by atoms with Crippen molar-refractivity contribution in [1.29, 1.82) is 0 Å². The highest BCUT2D eigenvalue weighted by molar-refractivity contribution is 5.94. The molecule has 0 spiro atoms. The highest BCUT2D eigenvalue weighted by atomic mass is 19.1. The lowest BCUT2D eigenvalue weighted by Crippen LogP contribution is -2.50. The first kappa shape index (κ1) is 17.2. The zero-order valence-electron chi connectivity index (χ0n) is 13.8. The zero-order valence-corrected chi connectivity index (χ0v) is 13.8. The first-order valence-electron chi connectivity index (χ1n) is 7.79. The van der Waals surface area contributed by atoms with Gasteiger partial charge in [0.2, 0.25) is 0 Å². The number of likely N-dealkylation sites (tertiary alicyclic amines) is 1. The largest absolute Gasteiger partial charge is 0.444 e. The summed E-state index contributed by atoms with van der Waals surface area (Å²) in [4.78, 5) is 25.8. The summed E-state index contributed by atoms with van der Waals surface area (Å²) < 4.78 is 19.0. The first-order valence-corrected chi connectivity index (χ1v) is 7.79. The fourth-order valence-corrected chi connectivity index (χ4v) is 2.50. The van der Waals surface area contributed by atoms with Crippen molar-refractivity contribution in [3.05, 3.63) is 35.6 Å². The Morgan fingerprint density at radius 3 is 2.65 bits per heavy atom. The molecule has 5 nitrogen and oxygen atoms in total. The highest BCUT2D eigenvalue weighted by Crippen LogP contribution is 2.16.